The summed E-state index contributed by atoms with van der Waals surface area (Å²) in [6.07, 6.45) is 0. The van der Waals surface area contributed by atoms with Crippen molar-refractivity contribution in [3.63, 3.8) is 0 Å². The summed E-state index contributed by atoms with van der Waals surface area (Å²) in [4.78, 5) is 14.0. The van der Waals surface area contributed by atoms with Gasteiger partial charge < -0.3 is 15.0 Å². The van der Waals surface area contributed by atoms with Crippen molar-refractivity contribution in [1.82, 2.24) is 4.90 Å². The van der Waals surface area contributed by atoms with E-state index in [2.05, 4.69) is 5.32 Å². The van der Waals surface area contributed by atoms with E-state index in [9.17, 15) is 4.79 Å². The van der Waals surface area contributed by atoms with Crippen molar-refractivity contribution < 1.29 is 9.53 Å². The van der Waals surface area contributed by atoms with Gasteiger partial charge in [0.15, 0.2) is 0 Å². The van der Waals surface area contributed by atoms with E-state index >= 15 is 0 Å². The second-order valence-corrected chi connectivity index (χ2v) is 3.70. The van der Waals surface area contributed by atoms with Crippen LogP contribution in [0.4, 0.5) is 5.69 Å². The van der Waals surface area contributed by atoms with Gasteiger partial charge in [0.05, 0.1) is 18.8 Å². The summed E-state index contributed by atoms with van der Waals surface area (Å²) in [5.41, 5.74) is 1.60. The van der Waals surface area contributed by atoms with Crippen LogP contribution in [0.3, 0.4) is 0 Å². The molecule has 1 aromatic rings. The van der Waals surface area contributed by atoms with Crippen LogP contribution in [0.5, 0.6) is 0 Å². The quantitative estimate of drug-likeness (QED) is 0.814. The highest BCUT2D eigenvalue weighted by molar-refractivity contribution is 5.99. The Kier molecular flexibility index (Phi) is 3.41. The highest BCUT2D eigenvalue weighted by Gasteiger charge is 2.20. The van der Waals surface area contributed by atoms with Gasteiger partial charge in [0.2, 0.25) is 0 Å². The van der Waals surface area contributed by atoms with Crippen molar-refractivity contribution in [2.45, 2.75) is 0 Å². The zero-order valence-corrected chi connectivity index (χ0v) is 9.40. The highest BCUT2D eigenvalue weighted by Crippen LogP contribution is 2.17. The highest BCUT2D eigenvalue weighted by atomic mass is 16.5. The molecule has 1 amide bonds. The summed E-state index contributed by atoms with van der Waals surface area (Å²) in [6.45, 7) is 2.62. The average molecular weight is 220 g/mol. The maximum atomic E-state index is 12.2. The van der Waals surface area contributed by atoms with E-state index in [0.29, 0.717) is 26.3 Å². The fourth-order valence-electron chi connectivity index (χ4n) is 1.82. The maximum Gasteiger partial charge on any atom is 0.256 e. The molecule has 1 N–H and O–H groups in total. The number of carbonyl (C=O) groups excluding carboxylic acids is 1. The van der Waals surface area contributed by atoms with Gasteiger partial charge in [0.1, 0.15) is 0 Å². The largest absolute Gasteiger partial charge is 0.387 e. The lowest BCUT2D eigenvalue weighted by Crippen LogP contribution is -2.40. The van der Waals surface area contributed by atoms with Crippen LogP contribution in [-0.4, -0.2) is 44.2 Å². The summed E-state index contributed by atoms with van der Waals surface area (Å²) in [6, 6.07) is 7.56. The van der Waals surface area contributed by atoms with E-state index in [4.69, 9.17) is 4.74 Å². The first-order valence-electron chi connectivity index (χ1n) is 5.46. The molecular weight excluding hydrogens is 204 g/mol. The Bertz CT molecular complexity index is 373. The average Bonchev–Trinajstić information content (AvgIpc) is 2.39. The molecule has 4 nitrogen and oxygen atoms in total. The smallest absolute Gasteiger partial charge is 0.256 e. The number of nitrogens with one attached hydrogen (secondary N) is 1. The van der Waals surface area contributed by atoms with E-state index in [-0.39, 0.29) is 5.91 Å². The molecule has 2 rings (SSSR count). The van der Waals surface area contributed by atoms with Gasteiger partial charge in [-0.3, -0.25) is 4.79 Å². The number of carbonyl (C=O) groups is 1. The maximum absolute atomic E-state index is 12.2. The number of hydrogen-bond acceptors (Lipinski definition) is 3. The molecule has 1 heterocycles. The Labute approximate surface area is 95.2 Å². The third-order valence-electron chi connectivity index (χ3n) is 2.73. The second kappa shape index (κ2) is 4.99. The molecule has 16 heavy (non-hydrogen) atoms. The minimum atomic E-state index is 0.0771. The van der Waals surface area contributed by atoms with E-state index in [1.165, 1.54) is 0 Å². The van der Waals surface area contributed by atoms with Crippen LogP contribution in [0.1, 0.15) is 10.4 Å². The molecule has 4 heteroatoms. The molecule has 0 spiro atoms. The van der Waals surface area contributed by atoms with Crippen LogP contribution in [0.25, 0.3) is 0 Å². The van der Waals surface area contributed by atoms with Gasteiger partial charge in [-0.15, -0.1) is 0 Å². The van der Waals surface area contributed by atoms with Crippen molar-refractivity contribution in [3.05, 3.63) is 29.8 Å². The van der Waals surface area contributed by atoms with Crippen LogP contribution >= 0.6 is 0 Å². The molecule has 1 aliphatic heterocycles. The van der Waals surface area contributed by atoms with E-state index < -0.39 is 0 Å². The van der Waals surface area contributed by atoms with Crippen LogP contribution in [0.2, 0.25) is 0 Å². The number of benzene rings is 1. The number of morpholine rings is 1. The molecule has 0 radical (unpaired) electrons. The lowest BCUT2D eigenvalue weighted by Gasteiger charge is -2.27. The number of anilines is 1. The van der Waals surface area contributed by atoms with E-state index in [1.807, 2.05) is 36.2 Å². The predicted octanol–water partition coefficient (Wildman–Crippen LogP) is 1.20. The van der Waals surface area contributed by atoms with Crippen LogP contribution in [-0.2, 0) is 4.74 Å². The first-order valence-corrected chi connectivity index (χ1v) is 5.46. The fraction of sp³-hybridized carbons (Fsp3) is 0.417. The standard InChI is InChI=1S/C12H16N2O2/c1-13-11-5-3-2-4-10(11)12(15)14-6-8-16-9-7-14/h2-5,13H,6-9H2,1H3. The summed E-state index contributed by atoms with van der Waals surface area (Å²) in [5.74, 6) is 0.0771. The monoisotopic (exact) mass is 220 g/mol. The van der Waals surface area contributed by atoms with Gasteiger partial charge >= 0.3 is 0 Å². The van der Waals surface area contributed by atoms with Crippen molar-refractivity contribution >= 4 is 11.6 Å². The van der Waals surface area contributed by atoms with Gasteiger partial charge in [-0.1, -0.05) is 12.1 Å². The number of amides is 1. The Morgan fingerprint density at radius 2 is 2.00 bits per heavy atom. The molecule has 1 aliphatic rings. The molecule has 1 saturated heterocycles. The van der Waals surface area contributed by atoms with Gasteiger partial charge in [0.25, 0.3) is 5.91 Å². The van der Waals surface area contributed by atoms with Gasteiger partial charge in [-0.05, 0) is 12.1 Å². The Morgan fingerprint density at radius 3 is 2.69 bits per heavy atom. The van der Waals surface area contributed by atoms with Crippen molar-refractivity contribution in [3.8, 4) is 0 Å². The topological polar surface area (TPSA) is 41.6 Å². The van der Waals surface area contributed by atoms with Gasteiger partial charge in [0, 0.05) is 25.8 Å². The molecule has 0 aliphatic carbocycles. The third kappa shape index (κ3) is 2.17. The van der Waals surface area contributed by atoms with Crippen molar-refractivity contribution in [1.29, 1.82) is 0 Å². The first-order chi connectivity index (χ1) is 7.83. The zero-order valence-electron chi connectivity index (χ0n) is 9.40. The van der Waals surface area contributed by atoms with Gasteiger partial charge in [-0.25, -0.2) is 0 Å². The Hall–Kier alpha value is -1.55. The molecule has 0 aromatic heterocycles. The van der Waals surface area contributed by atoms with Crippen LogP contribution < -0.4 is 5.32 Å². The fourth-order valence-corrected chi connectivity index (χ4v) is 1.82. The lowest BCUT2D eigenvalue weighted by atomic mass is 10.1. The molecule has 0 saturated carbocycles. The molecule has 1 aromatic carbocycles. The summed E-state index contributed by atoms with van der Waals surface area (Å²) < 4.78 is 5.23. The number of ether oxygens (including phenoxy) is 1. The second-order valence-electron chi connectivity index (χ2n) is 3.70. The summed E-state index contributed by atoms with van der Waals surface area (Å²) in [7, 11) is 1.82. The van der Waals surface area contributed by atoms with Crippen LogP contribution in [0.15, 0.2) is 24.3 Å². The predicted molar refractivity (Wildman–Crippen MR) is 62.7 cm³/mol. The molecule has 1 fully saturated rings. The Morgan fingerprint density at radius 1 is 1.31 bits per heavy atom. The molecule has 0 atom stereocenters. The molecule has 0 unspecified atom stereocenters. The Balaban J connectivity index is 2.19. The van der Waals surface area contributed by atoms with Crippen LogP contribution in [0, 0.1) is 0 Å². The first kappa shape index (κ1) is 11.0. The number of nitrogens with zero attached hydrogens (tertiary/aromatic N) is 1. The van der Waals surface area contributed by atoms with E-state index in [1.54, 1.807) is 0 Å². The summed E-state index contributed by atoms with van der Waals surface area (Å²) in [5, 5.41) is 3.04. The normalized spacial score (nSPS) is 15.9. The van der Waals surface area contributed by atoms with E-state index in [0.717, 1.165) is 11.3 Å². The van der Waals surface area contributed by atoms with Gasteiger partial charge in [-0.2, -0.15) is 0 Å². The SMILES string of the molecule is CNc1ccccc1C(=O)N1CCOCC1. The summed E-state index contributed by atoms with van der Waals surface area (Å²) >= 11 is 0. The molecule has 0 bridgehead atoms. The zero-order chi connectivity index (χ0) is 11.4. The van der Waals surface area contributed by atoms with Crippen molar-refractivity contribution in [2.24, 2.45) is 0 Å². The molecule has 86 valence electrons. The minimum Gasteiger partial charge on any atom is -0.387 e. The number of hydrogen-bond donors (Lipinski definition) is 1. The molecular formula is C12H16N2O2. The minimum absolute atomic E-state index is 0.0771. The number of para-hydroxylation sites is 1. The lowest BCUT2D eigenvalue weighted by molar-refractivity contribution is 0.0303. The number of rotatable bonds is 2. The third-order valence-corrected chi connectivity index (χ3v) is 2.73. The van der Waals surface area contributed by atoms with Crippen molar-refractivity contribution in [2.75, 3.05) is 38.7 Å².